The second kappa shape index (κ2) is 6.97. The smallest absolute Gasteiger partial charge is 0.308 e. The summed E-state index contributed by atoms with van der Waals surface area (Å²) < 4.78 is 10.7. The molecule has 1 aromatic rings. The van der Waals surface area contributed by atoms with Crippen molar-refractivity contribution >= 4 is 5.97 Å². The molecule has 0 N–H and O–H groups in total. The highest BCUT2D eigenvalue weighted by Gasteiger charge is 2.43. The number of esters is 1. The average molecular weight is 290 g/mol. The number of methoxy groups -OCH3 is 1. The van der Waals surface area contributed by atoms with Crippen LogP contribution in [0.25, 0.3) is 0 Å². The Morgan fingerprint density at radius 1 is 1.33 bits per heavy atom. The summed E-state index contributed by atoms with van der Waals surface area (Å²) >= 11 is 0. The van der Waals surface area contributed by atoms with Gasteiger partial charge < -0.3 is 9.47 Å². The molecule has 0 aliphatic heterocycles. The second-order valence-corrected chi connectivity index (χ2v) is 6.08. The van der Waals surface area contributed by atoms with Crippen LogP contribution in [0.3, 0.4) is 0 Å². The minimum absolute atomic E-state index is 0.0529. The van der Waals surface area contributed by atoms with Crippen molar-refractivity contribution in [3.8, 4) is 5.75 Å². The van der Waals surface area contributed by atoms with Crippen LogP contribution in [0.15, 0.2) is 12.1 Å². The molecule has 1 aliphatic carbocycles. The molecule has 0 aromatic heterocycles. The number of hydrogen-bond donors (Lipinski definition) is 0. The number of rotatable bonds is 7. The molecular formula is C18H26O3. The van der Waals surface area contributed by atoms with Crippen LogP contribution in [-0.4, -0.2) is 19.7 Å². The standard InChI is InChI=1S/C18H26O3/c1-5-8-21-17-13(3)9-12(2)10-15(17)7-6-14-11-16(14)18(19)20-4/h9-10,14,16H,5-8,11H2,1-4H3. The van der Waals surface area contributed by atoms with Gasteiger partial charge in [0.05, 0.1) is 19.6 Å². The summed E-state index contributed by atoms with van der Waals surface area (Å²) in [5.74, 6) is 1.60. The van der Waals surface area contributed by atoms with Gasteiger partial charge in [-0.2, -0.15) is 0 Å². The fraction of sp³-hybridized carbons (Fsp3) is 0.611. The van der Waals surface area contributed by atoms with Crippen molar-refractivity contribution in [3.63, 3.8) is 0 Å². The molecule has 0 spiro atoms. The molecule has 3 nitrogen and oxygen atoms in total. The molecule has 1 saturated carbocycles. The van der Waals surface area contributed by atoms with Gasteiger partial charge in [-0.3, -0.25) is 4.79 Å². The summed E-state index contributed by atoms with van der Waals surface area (Å²) in [5.41, 5.74) is 3.75. The number of ether oxygens (including phenoxy) is 2. The first-order chi connectivity index (χ1) is 10.1. The third-order valence-electron chi connectivity index (χ3n) is 4.16. The monoisotopic (exact) mass is 290 g/mol. The Kier molecular flexibility index (Phi) is 5.27. The molecule has 0 radical (unpaired) electrons. The van der Waals surface area contributed by atoms with Gasteiger partial charge in [-0.1, -0.05) is 24.6 Å². The first-order valence-corrected chi connectivity index (χ1v) is 7.87. The van der Waals surface area contributed by atoms with Crippen LogP contribution in [0.2, 0.25) is 0 Å². The van der Waals surface area contributed by atoms with Gasteiger partial charge in [0.2, 0.25) is 0 Å². The van der Waals surface area contributed by atoms with E-state index in [1.54, 1.807) is 0 Å². The highest BCUT2D eigenvalue weighted by Crippen LogP contribution is 2.43. The number of benzene rings is 1. The maximum atomic E-state index is 11.5. The molecule has 2 rings (SSSR count). The van der Waals surface area contributed by atoms with Crippen LogP contribution in [0.5, 0.6) is 5.75 Å². The number of hydrogen-bond acceptors (Lipinski definition) is 3. The second-order valence-electron chi connectivity index (χ2n) is 6.08. The highest BCUT2D eigenvalue weighted by molar-refractivity contribution is 5.75. The summed E-state index contributed by atoms with van der Waals surface area (Å²) in [6, 6.07) is 4.39. The lowest BCUT2D eigenvalue weighted by molar-refractivity contribution is -0.142. The maximum Gasteiger partial charge on any atom is 0.308 e. The Bertz CT molecular complexity index is 507. The Morgan fingerprint density at radius 3 is 2.76 bits per heavy atom. The molecule has 0 amide bonds. The Labute approximate surface area is 127 Å². The van der Waals surface area contributed by atoms with E-state index in [1.165, 1.54) is 23.8 Å². The molecule has 2 atom stereocenters. The molecule has 1 aromatic carbocycles. The van der Waals surface area contributed by atoms with Crippen molar-refractivity contribution in [2.24, 2.45) is 11.8 Å². The molecule has 0 bridgehead atoms. The van der Waals surface area contributed by atoms with Crippen molar-refractivity contribution in [3.05, 3.63) is 28.8 Å². The molecule has 1 aliphatic rings. The van der Waals surface area contributed by atoms with E-state index in [0.717, 1.165) is 38.0 Å². The van der Waals surface area contributed by atoms with Crippen LogP contribution < -0.4 is 4.74 Å². The minimum atomic E-state index is -0.0529. The largest absolute Gasteiger partial charge is 0.493 e. The van der Waals surface area contributed by atoms with Crippen LogP contribution in [0.4, 0.5) is 0 Å². The van der Waals surface area contributed by atoms with E-state index in [-0.39, 0.29) is 11.9 Å². The van der Waals surface area contributed by atoms with E-state index in [9.17, 15) is 4.79 Å². The molecule has 3 heteroatoms. The number of carbonyl (C=O) groups excluding carboxylic acids is 1. The lowest BCUT2D eigenvalue weighted by atomic mass is 10.00. The Balaban J connectivity index is 2.00. The number of carbonyl (C=O) groups is 1. The van der Waals surface area contributed by atoms with Crippen molar-refractivity contribution in [2.75, 3.05) is 13.7 Å². The summed E-state index contributed by atoms with van der Waals surface area (Å²) in [5, 5.41) is 0. The molecular weight excluding hydrogens is 264 g/mol. The average Bonchev–Trinajstić information content (AvgIpc) is 3.22. The summed E-state index contributed by atoms with van der Waals surface area (Å²) in [7, 11) is 1.47. The topological polar surface area (TPSA) is 35.5 Å². The normalized spacial score (nSPS) is 20.2. The zero-order valence-corrected chi connectivity index (χ0v) is 13.6. The summed E-state index contributed by atoms with van der Waals surface area (Å²) in [6.07, 6.45) is 3.99. The maximum absolute atomic E-state index is 11.5. The van der Waals surface area contributed by atoms with Crippen LogP contribution in [-0.2, 0) is 16.0 Å². The van der Waals surface area contributed by atoms with Gasteiger partial charge in [0.25, 0.3) is 0 Å². The minimum Gasteiger partial charge on any atom is -0.493 e. The van der Waals surface area contributed by atoms with Gasteiger partial charge in [0.15, 0.2) is 0 Å². The van der Waals surface area contributed by atoms with E-state index in [2.05, 4.69) is 32.9 Å². The molecule has 1 fully saturated rings. The molecule has 0 saturated heterocycles. The molecule has 2 unspecified atom stereocenters. The highest BCUT2D eigenvalue weighted by atomic mass is 16.5. The van der Waals surface area contributed by atoms with E-state index >= 15 is 0 Å². The Hall–Kier alpha value is -1.51. The van der Waals surface area contributed by atoms with Crippen molar-refractivity contribution < 1.29 is 14.3 Å². The van der Waals surface area contributed by atoms with Gasteiger partial charge >= 0.3 is 5.97 Å². The fourth-order valence-electron chi connectivity index (χ4n) is 2.99. The fourth-order valence-corrected chi connectivity index (χ4v) is 2.99. The number of aryl methyl sites for hydroxylation is 3. The van der Waals surface area contributed by atoms with Gasteiger partial charge in [0, 0.05) is 0 Å². The van der Waals surface area contributed by atoms with Crippen LogP contribution in [0.1, 0.15) is 42.9 Å². The van der Waals surface area contributed by atoms with Crippen LogP contribution >= 0.6 is 0 Å². The predicted molar refractivity (Wildman–Crippen MR) is 83.6 cm³/mol. The SMILES string of the molecule is CCCOc1c(C)cc(C)cc1CCC1CC1C(=O)OC. The van der Waals surface area contributed by atoms with Crippen molar-refractivity contribution in [2.45, 2.75) is 46.5 Å². The quantitative estimate of drug-likeness (QED) is 0.716. The molecule has 116 valence electrons. The first kappa shape index (κ1) is 15.9. The zero-order valence-electron chi connectivity index (χ0n) is 13.6. The third-order valence-corrected chi connectivity index (χ3v) is 4.16. The predicted octanol–water partition coefficient (Wildman–Crippen LogP) is 3.83. The van der Waals surface area contributed by atoms with Gasteiger partial charge in [-0.05, 0) is 56.6 Å². The first-order valence-electron chi connectivity index (χ1n) is 7.87. The lowest BCUT2D eigenvalue weighted by Crippen LogP contribution is -2.05. The van der Waals surface area contributed by atoms with E-state index in [4.69, 9.17) is 9.47 Å². The molecule has 0 heterocycles. The van der Waals surface area contributed by atoms with E-state index in [1.807, 2.05) is 0 Å². The summed E-state index contributed by atoms with van der Waals surface area (Å²) in [6.45, 7) is 7.10. The van der Waals surface area contributed by atoms with E-state index < -0.39 is 0 Å². The summed E-state index contributed by atoms with van der Waals surface area (Å²) in [4.78, 5) is 11.5. The van der Waals surface area contributed by atoms with Gasteiger partial charge in [-0.15, -0.1) is 0 Å². The van der Waals surface area contributed by atoms with Gasteiger partial charge in [-0.25, -0.2) is 0 Å². The lowest BCUT2D eigenvalue weighted by Gasteiger charge is -2.15. The third kappa shape index (κ3) is 3.99. The zero-order chi connectivity index (χ0) is 15.4. The van der Waals surface area contributed by atoms with Crippen molar-refractivity contribution in [1.29, 1.82) is 0 Å². The van der Waals surface area contributed by atoms with Gasteiger partial charge in [0.1, 0.15) is 5.75 Å². The van der Waals surface area contributed by atoms with Crippen molar-refractivity contribution in [1.82, 2.24) is 0 Å². The Morgan fingerprint density at radius 2 is 2.10 bits per heavy atom. The van der Waals surface area contributed by atoms with Crippen LogP contribution in [0, 0.1) is 25.7 Å². The molecule has 21 heavy (non-hydrogen) atoms. The van der Waals surface area contributed by atoms with E-state index in [0.29, 0.717) is 5.92 Å².